The molecule has 2 heterocycles. The van der Waals surface area contributed by atoms with Crippen LogP contribution >= 0.6 is 0 Å². The van der Waals surface area contributed by atoms with E-state index in [2.05, 4.69) is 54.4 Å². The summed E-state index contributed by atoms with van der Waals surface area (Å²) >= 11 is 0. The van der Waals surface area contributed by atoms with Crippen molar-refractivity contribution in [3.63, 3.8) is 0 Å². The molecule has 0 radical (unpaired) electrons. The van der Waals surface area contributed by atoms with Crippen LogP contribution in [0.5, 0.6) is 0 Å². The van der Waals surface area contributed by atoms with Crippen LogP contribution in [0.15, 0.2) is 48.5 Å². The highest BCUT2D eigenvalue weighted by molar-refractivity contribution is 5.97. The smallest absolute Gasteiger partial charge is 0.252 e. The number of hydrogen-bond acceptors (Lipinski definition) is 2. The van der Waals surface area contributed by atoms with Crippen LogP contribution < -0.4 is 5.32 Å². The highest BCUT2D eigenvalue weighted by Gasteiger charge is 2.57. The maximum atomic E-state index is 13.4. The normalized spacial score (nSPS) is 25.2. The highest BCUT2D eigenvalue weighted by atomic mass is 16.1. The SMILES string of the molecule is Cc1cccc(C)c1C(=O)NC(c1ccccc1)C12CCC(CC1)N2C(C)C. The summed E-state index contributed by atoms with van der Waals surface area (Å²) < 4.78 is 0. The molecule has 28 heavy (non-hydrogen) atoms. The monoisotopic (exact) mass is 376 g/mol. The molecule has 3 nitrogen and oxygen atoms in total. The lowest BCUT2D eigenvalue weighted by Gasteiger charge is -2.44. The minimum Gasteiger partial charge on any atom is -0.343 e. The van der Waals surface area contributed by atoms with Crippen LogP contribution in [0.4, 0.5) is 0 Å². The van der Waals surface area contributed by atoms with Crippen molar-refractivity contribution in [2.24, 2.45) is 0 Å². The topological polar surface area (TPSA) is 32.3 Å². The van der Waals surface area contributed by atoms with Crippen molar-refractivity contribution >= 4 is 5.91 Å². The van der Waals surface area contributed by atoms with Crippen LogP contribution in [-0.2, 0) is 0 Å². The van der Waals surface area contributed by atoms with E-state index in [0.29, 0.717) is 12.1 Å². The van der Waals surface area contributed by atoms with Crippen LogP contribution in [0.25, 0.3) is 0 Å². The predicted molar refractivity (Wildman–Crippen MR) is 115 cm³/mol. The predicted octanol–water partition coefficient (Wildman–Crippen LogP) is 5.18. The van der Waals surface area contributed by atoms with Crippen LogP contribution in [-0.4, -0.2) is 28.4 Å². The second-order valence-corrected chi connectivity index (χ2v) is 8.92. The number of aryl methyl sites for hydroxylation is 2. The van der Waals surface area contributed by atoms with E-state index in [1.165, 1.54) is 18.4 Å². The van der Waals surface area contributed by atoms with Crippen molar-refractivity contribution in [2.75, 3.05) is 0 Å². The van der Waals surface area contributed by atoms with Gasteiger partial charge in [-0.1, -0.05) is 48.5 Å². The molecular weight excluding hydrogens is 344 g/mol. The molecule has 148 valence electrons. The van der Waals surface area contributed by atoms with Crippen molar-refractivity contribution < 1.29 is 4.79 Å². The summed E-state index contributed by atoms with van der Waals surface area (Å²) in [5.41, 5.74) is 4.14. The average molecular weight is 377 g/mol. The zero-order chi connectivity index (χ0) is 19.9. The largest absolute Gasteiger partial charge is 0.343 e. The van der Waals surface area contributed by atoms with E-state index in [9.17, 15) is 4.79 Å². The molecule has 2 bridgehead atoms. The van der Waals surface area contributed by atoms with Crippen LogP contribution in [0.1, 0.15) is 72.6 Å². The van der Waals surface area contributed by atoms with Crippen molar-refractivity contribution in [3.05, 3.63) is 70.8 Å². The number of carbonyl (C=O) groups excluding carboxylic acids is 1. The fraction of sp³-hybridized carbons (Fsp3) is 0.480. The van der Waals surface area contributed by atoms with Crippen molar-refractivity contribution in [1.82, 2.24) is 10.2 Å². The number of fused-ring (bicyclic) bond motifs is 2. The summed E-state index contributed by atoms with van der Waals surface area (Å²) in [7, 11) is 0. The lowest BCUT2D eigenvalue weighted by atomic mass is 9.78. The zero-order valence-corrected chi connectivity index (χ0v) is 17.5. The zero-order valence-electron chi connectivity index (χ0n) is 17.5. The summed E-state index contributed by atoms with van der Waals surface area (Å²) in [6.45, 7) is 8.65. The van der Waals surface area contributed by atoms with Gasteiger partial charge in [0.1, 0.15) is 0 Å². The molecule has 0 aromatic heterocycles. The molecule has 3 heteroatoms. The minimum absolute atomic E-state index is 0.00936. The van der Waals surface area contributed by atoms with E-state index in [4.69, 9.17) is 0 Å². The molecule has 2 fully saturated rings. The van der Waals surface area contributed by atoms with Gasteiger partial charge in [-0.15, -0.1) is 0 Å². The molecule has 2 saturated heterocycles. The Hall–Kier alpha value is -2.13. The van der Waals surface area contributed by atoms with Gasteiger partial charge in [-0.3, -0.25) is 9.69 Å². The van der Waals surface area contributed by atoms with E-state index >= 15 is 0 Å². The Kier molecular flexibility index (Phi) is 5.05. The van der Waals surface area contributed by atoms with Gasteiger partial charge < -0.3 is 5.32 Å². The number of carbonyl (C=O) groups is 1. The molecule has 2 aliphatic heterocycles. The number of benzene rings is 2. The first-order chi connectivity index (χ1) is 13.4. The van der Waals surface area contributed by atoms with Gasteiger partial charge in [-0.25, -0.2) is 0 Å². The molecule has 0 spiro atoms. The van der Waals surface area contributed by atoms with Crippen molar-refractivity contribution in [3.8, 4) is 0 Å². The van der Waals surface area contributed by atoms with Gasteiger partial charge in [0, 0.05) is 23.2 Å². The minimum atomic E-state index is 0.00936. The molecule has 1 atom stereocenters. The molecule has 4 rings (SSSR count). The maximum absolute atomic E-state index is 13.4. The Morgan fingerprint density at radius 2 is 1.61 bits per heavy atom. The van der Waals surface area contributed by atoms with Gasteiger partial charge >= 0.3 is 0 Å². The molecule has 0 saturated carbocycles. The lowest BCUT2D eigenvalue weighted by Crippen LogP contribution is -2.54. The summed E-state index contributed by atoms with van der Waals surface area (Å²) in [5.74, 6) is 0.0536. The van der Waals surface area contributed by atoms with E-state index in [-0.39, 0.29) is 17.5 Å². The molecule has 1 N–H and O–H groups in total. The van der Waals surface area contributed by atoms with Crippen LogP contribution in [0.2, 0.25) is 0 Å². The van der Waals surface area contributed by atoms with Gasteiger partial charge in [-0.05, 0) is 70.1 Å². The first-order valence-corrected chi connectivity index (χ1v) is 10.6. The summed E-state index contributed by atoms with van der Waals surface area (Å²) in [5, 5.41) is 3.50. The molecule has 2 aromatic rings. The summed E-state index contributed by atoms with van der Waals surface area (Å²) in [4.78, 5) is 16.1. The number of nitrogens with one attached hydrogen (secondary N) is 1. The number of nitrogens with zero attached hydrogens (tertiary/aromatic N) is 1. The summed E-state index contributed by atoms with van der Waals surface area (Å²) in [6, 6.07) is 17.8. The quantitative estimate of drug-likeness (QED) is 0.780. The Morgan fingerprint density at radius 1 is 1.00 bits per heavy atom. The first kappa shape index (κ1) is 19.2. The third kappa shape index (κ3) is 3.06. The van der Waals surface area contributed by atoms with E-state index in [1.807, 2.05) is 32.0 Å². The van der Waals surface area contributed by atoms with Crippen LogP contribution in [0, 0.1) is 13.8 Å². The van der Waals surface area contributed by atoms with E-state index in [0.717, 1.165) is 29.5 Å². The average Bonchev–Trinajstić information content (AvgIpc) is 3.23. The molecule has 1 amide bonds. The van der Waals surface area contributed by atoms with E-state index in [1.54, 1.807) is 0 Å². The Balaban J connectivity index is 1.75. The van der Waals surface area contributed by atoms with Crippen molar-refractivity contribution in [2.45, 2.75) is 77.0 Å². The van der Waals surface area contributed by atoms with Gasteiger partial charge in [0.25, 0.3) is 5.91 Å². The summed E-state index contributed by atoms with van der Waals surface area (Å²) in [6.07, 6.45) is 4.78. The lowest BCUT2D eigenvalue weighted by molar-refractivity contribution is 0.0653. The van der Waals surface area contributed by atoms with Gasteiger partial charge in [0.15, 0.2) is 0 Å². The molecule has 1 unspecified atom stereocenters. The van der Waals surface area contributed by atoms with Gasteiger partial charge in [0.05, 0.1) is 6.04 Å². The molecular formula is C25H32N2O. The Labute approximate surface area is 169 Å². The number of rotatable bonds is 5. The Bertz CT molecular complexity index is 830. The molecule has 2 aromatic carbocycles. The highest BCUT2D eigenvalue weighted by Crippen LogP contribution is 2.53. The third-order valence-electron chi connectivity index (χ3n) is 6.94. The van der Waals surface area contributed by atoms with Crippen LogP contribution in [0.3, 0.4) is 0 Å². The maximum Gasteiger partial charge on any atom is 0.252 e. The molecule has 2 aliphatic rings. The second kappa shape index (κ2) is 7.36. The fourth-order valence-electron chi connectivity index (χ4n) is 5.93. The first-order valence-electron chi connectivity index (χ1n) is 10.6. The number of hydrogen-bond donors (Lipinski definition) is 1. The molecule has 0 aliphatic carbocycles. The fourth-order valence-corrected chi connectivity index (χ4v) is 5.93. The third-order valence-corrected chi connectivity index (χ3v) is 6.94. The standard InChI is InChI=1S/C25H32N2O/c1-17(2)27-21-13-15-25(27,16-14-21)23(20-11-6-5-7-12-20)26-24(28)22-18(3)9-8-10-19(22)4/h5-12,17,21,23H,13-16H2,1-4H3,(H,26,28). The van der Waals surface area contributed by atoms with Gasteiger partial charge in [-0.2, -0.15) is 0 Å². The van der Waals surface area contributed by atoms with Crippen molar-refractivity contribution in [1.29, 1.82) is 0 Å². The van der Waals surface area contributed by atoms with Gasteiger partial charge in [0.2, 0.25) is 0 Å². The van der Waals surface area contributed by atoms with E-state index < -0.39 is 0 Å². The Morgan fingerprint density at radius 3 is 2.18 bits per heavy atom. The second-order valence-electron chi connectivity index (χ2n) is 8.92. The number of amides is 1.